The topological polar surface area (TPSA) is 275 Å². The monoisotopic (exact) mass is 599 g/mol. The zero-order valence-electron chi connectivity index (χ0n) is 21.7. The molecule has 0 spiro atoms. The fourth-order valence-corrected chi connectivity index (χ4v) is 3.55. The Morgan fingerprint density at radius 2 is 1.29 bits per heavy atom. The number of phenolic OH excluding ortho intramolecular Hbond substituents is 1. The number of carbonyl (C=O) groups is 7. The number of hydrogen-bond acceptors (Lipinski definition) is 10. The van der Waals surface area contributed by atoms with Gasteiger partial charge in [-0.2, -0.15) is 12.6 Å². The molecule has 4 atom stereocenters. The average molecular weight is 600 g/mol. The summed E-state index contributed by atoms with van der Waals surface area (Å²) in [6.07, 6.45) is -1.63. The van der Waals surface area contributed by atoms with E-state index in [0.29, 0.717) is 5.56 Å². The number of nitrogens with two attached hydrogens (primary N) is 1. The lowest BCUT2D eigenvalue weighted by Crippen LogP contribution is -2.57. The van der Waals surface area contributed by atoms with E-state index in [-0.39, 0.29) is 30.8 Å². The Hall–Kier alpha value is -4.38. The van der Waals surface area contributed by atoms with Crippen LogP contribution in [0.5, 0.6) is 5.75 Å². The van der Waals surface area contributed by atoms with Crippen molar-refractivity contribution in [2.75, 3.05) is 12.3 Å². The fourth-order valence-electron chi connectivity index (χ4n) is 3.30. The summed E-state index contributed by atoms with van der Waals surface area (Å²) in [7, 11) is 0. The van der Waals surface area contributed by atoms with E-state index in [1.165, 1.54) is 24.3 Å². The van der Waals surface area contributed by atoms with Gasteiger partial charge in [0.2, 0.25) is 23.6 Å². The molecule has 0 aromatic heterocycles. The van der Waals surface area contributed by atoms with Crippen LogP contribution in [0.1, 0.15) is 31.2 Å². The number of phenols is 1. The molecule has 0 aliphatic heterocycles. The average Bonchev–Trinajstić information content (AvgIpc) is 2.91. The Morgan fingerprint density at radius 1 is 0.756 bits per heavy atom. The lowest BCUT2D eigenvalue weighted by molar-refractivity contribution is -0.142. The van der Waals surface area contributed by atoms with E-state index in [4.69, 9.17) is 15.9 Å². The van der Waals surface area contributed by atoms with E-state index in [1.54, 1.807) is 0 Å². The van der Waals surface area contributed by atoms with Gasteiger partial charge in [-0.1, -0.05) is 12.1 Å². The number of amides is 4. The maximum absolute atomic E-state index is 12.9. The molecule has 226 valence electrons. The Bertz CT molecular complexity index is 1120. The molecule has 0 aliphatic carbocycles. The molecule has 1 aromatic rings. The highest BCUT2D eigenvalue weighted by atomic mass is 32.1. The molecule has 0 saturated heterocycles. The number of carboxylic acids is 3. The molecule has 0 radical (unpaired) electrons. The van der Waals surface area contributed by atoms with Gasteiger partial charge in [0.05, 0.1) is 12.6 Å². The van der Waals surface area contributed by atoms with Crippen molar-refractivity contribution in [3.05, 3.63) is 29.8 Å². The normalized spacial score (nSPS) is 13.5. The molecule has 4 amide bonds. The van der Waals surface area contributed by atoms with Crippen LogP contribution in [-0.2, 0) is 40.0 Å². The maximum Gasteiger partial charge on any atom is 0.326 e. The quantitative estimate of drug-likeness (QED) is 0.0789. The smallest absolute Gasteiger partial charge is 0.326 e. The zero-order valence-corrected chi connectivity index (χ0v) is 22.6. The number of carbonyl (C=O) groups excluding carboxylic acids is 4. The lowest BCUT2D eigenvalue weighted by atomic mass is 10.1. The fraction of sp³-hybridized carbons (Fsp3) is 0.458. The van der Waals surface area contributed by atoms with Crippen LogP contribution in [0.4, 0.5) is 0 Å². The van der Waals surface area contributed by atoms with Crippen LogP contribution in [0, 0.1) is 0 Å². The summed E-state index contributed by atoms with van der Waals surface area (Å²) in [5.41, 5.74) is 6.05. The van der Waals surface area contributed by atoms with E-state index < -0.39 is 85.1 Å². The van der Waals surface area contributed by atoms with Gasteiger partial charge in [-0.25, -0.2) is 4.79 Å². The standard InChI is InChI=1S/C24H33N5O11S/c25-14(5-7-19(32)33)21(36)26-10-18(31)27-15(6-8-20(34)35)22(37)29-17(11-41)23(38)28-16(24(39)40)9-12-1-3-13(30)4-2-12/h1-4,14-17,30,41H,5-11,25H2,(H,26,36)(H,27,31)(H,28,38)(H,29,37)(H,32,33)(H,34,35)(H,39,40)/t14-,15-,16-,17-/m0/s1. The van der Waals surface area contributed by atoms with Crippen molar-refractivity contribution in [3.8, 4) is 5.75 Å². The van der Waals surface area contributed by atoms with Gasteiger partial charge in [-0.3, -0.25) is 28.8 Å². The molecule has 16 nitrogen and oxygen atoms in total. The Balaban J connectivity index is 2.83. The van der Waals surface area contributed by atoms with Crippen molar-refractivity contribution in [1.82, 2.24) is 21.3 Å². The Morgan fingerprint density at radius 3 is 1.83 bits per heavy atom. The number of thiol groups is 1. The first kappa shape index (κ1) is 34.6. The van der Waals surface area contributed by atoms with Crippen molar-refractivity contribution in [3.63, 3.8) is 0 Å². The molecular formula is C24H33N5O11S. The Kier molecular flexibility index (Phi) is 14.7. The van der Waals surface area contributed by atoms with Gasteiger partial charge in [0.25, 0.3) is 0 Å². The van der Waals surface area contributed by atoms with E-state index >= 15 is 0 Å². The molecule has 1 rings (SSSR count). The number of rotatable bonds is 18. The highest BCUT2D eigenvalue weighted by molar-refractivity contribution is 7.80. The molecule has 1 aromatic carbocycles. The summed E-state index contributed by atoms with van der Waals surface area (Å²) in [5, 5.41) is 45.6. The molecule has 0 heterocycles. The summed E-state index contributed by atoms with van der Waals surface area (Å²) in [4.78, 5) is 83.3. The molecule has 0 saturated carbocycles. The van der Waals surface area contributed by atoms with E-state index in [0.717, 1.165) is 0 Å². The maximum atomic E-state index is 12.9. The van der Waals surface area contributed by atoms with Gasteiger partial charge in [0.1, 0.15) is 23.9 Å². The molecule has 0 aliphatic rings. The Labute approximate surface area is 239 Å². The molecule has 41 heavy (non-hydrogen) atoms. The zero-order chi connectivity index (χ0) is 31.1. The second-order valence-corrected chi connectivity index (χ2v) is 9.19. The van der Waals surface area contributed by atoms with Gasteiger partial charge < -0.3 is 47.4 Å². The van der Waals surface area contributed by atoms with Gasteiger partial charge >= 0.3 is 17.9 Å². The summed E-state index contributed by atoms with van der Waals surface area (Å²) in [6.45, 7) is -0.662. The highest BCUT2D eigenvalue weighted by Crippen LogP contribution is 2.12. The molecule has 10 N–H and O–H groups in total. The van der Waals surface area contributed by atoms with E-state index in [1.807, 2.05) is 0 Å². The van der Waals surface area contributed by atoms with Crippen LogP contribution >= 0.6 is 12.6 Å². The number of nitrogens with one attached hydrogen (secondary N) is 4. The minimum atomic E-state index is -1.46. The predicted molar refractivity (Wildman–Crippen MR) is 144 cm³/mol. The predicted octanol–water partition coefficient (Wildman–Crippen LogP) is -2.42. The van der Waals surface area contributed by atoms with Crippen LogP contribution in [0.15, 0.2) is 24.3 Å². The third kappa shape index (κ3) is 13.5. The molecule has 0 fully saturated rings. The van der Waals surface area contributed by atoms with Crippen molar-refractivity contribution >= 4 is 54.2 Å². The molecular weight excluding hydrogens is 566 g/mol. The van der Waals surface area contributed by atoms with Crippen LogP contribution in [-0.4, -0.2) is 98.4 Å². The second kappa shape index (κ2) is 17.3. The number of carboxylic acid groups (broad SMARTS) is 3. The largest absolute Gasteiger partial charge is 0.508 e. The van der Waals surface area contributed by atoms with Crippen molar-refractivity contribution in [2.45, 2.75) is 56.3 Å². The van der Waals surface area contributed by atoms with E-state index in [9.17, 15) is 43.8 Å². The van der Waals surface area contributed by atoms with Gasteiger partial charge in [0, 0.05) is 25.0 Å². The summed E-state index contributed by atoms with van der Waals surface area (Å²) >= 11 is 4.01. The summed E-state index contributed by atoms with van der Waals surface area (Å²) < 4.78 is 0. The first-order chi connectivity index (χ1) is 19.2. The van der Waals surface area contributed by atoms with Crippen LogP contribution in [0.2, 0.25) is 0 Å². The van der Waals surface area contributed by atoms with Gasteiger partial charge in [-0.15, -0.1) is 0 Å². The molecule has 0 bridgehead atoms. The third-order valence-electron chi connectivity index (χ3n) is 5.53. The van der Waals surface area contributed by atoms with Crippen molar-refractivity contribution in [1.29, 1.82) is 0 Å². The van der Waals surface area contributed by atoms with Crippen LogP contribution in [0.3, 0.4) is 0 Å². The molecule has 17 heteroatoms. The third-order valence-corrected chi connectivity index (χ3v) is 5.90. The SMILES string of the molecule is N[C@@H](CCC(=O)O)C(=O)NCC(=O)N[C@@H](CCC(=O)O)C(=O)N[C@@H](CS)C(=O)N[C@@H](Cc1ccc(O)cc1)C(=O)O. The number of aliphatic carboxylic acids is 3. The van der Waals surface area contributed by atoms with E-state index in [2.05, 4.69) is 33.9 Å². The summed E-state index contributed by atoms with van der Waals surface area (Å²) in [5.74, 6) is -7.73. The van der Waals surface area contributed by atoms with Crippen molar-refractivity contribution in [2.24, 2.45) is 5.73 Å². The second-order valence-electron chi connectivity index (χ2n) is 8.82. The summed E-state index contributed by atoms with van der Waals surface area (Å²) in [6, 6.07) is 0.189. The van der Waals surface area contributed by atoms with Gasteiger partial charge in [0.15, 0.2) is 0 Å². The first-order valence-electron chi connectivity index (χ1n) is 12.2. The van der Waals surface area contributed by atoms with Crippen LogP contribution < -0.4 is 27.0 Å². The van der Waals surface area contributed by atoms with Crippen LogP contribution in [0.25, 0.3) is 0 Å². The highest BCUT2D eigenvalue weighted by Gasteiger charge is 2.29. The number of aromatic hydroxyl groups is 1. The minimum Gasteiger partial charge on any atom is -0.508 e. The molecule has 0 unspecified atom stereocenters. The number of hydrogen-bond donors (Lipinski definition) is 10. The van der Waals surface area contributed by atoms with Crippen molar-refractivity contribution < 1.29 is 54.0 Å². The lowest BCUT2D eigenvalue weighted by Gasteiger charge is -2.23. The van der Waals surface area contributed by atoms with Gasteiger partial charge in [-0.05, 0) is 30.5 Å². The minimum absolute atomic E-state index is 0.0336. The number of benzene rings is 1. The first-order valence-corrected chi connectivity index (χ1v) is 12.8.